The van der Waals surface area contributed by atoms with Crippen molar-refractivity contribution in [3.05, 3.63) is 0 Å². The maximum atomic E-state index is 11.8. The Morgan fingerprint density at radius 1 is 1.47 bits per heavy atom. The first-order valence-electron chi connectivity index (χ1n) is 6.72. The molecular weight excluding hydrogens is 270 g/mol. The van der Waals surface area contributed by atoms with Crippen molar-refractivity contribution >= 4 is 15.4 Å². The van der Waals surface area contributed by atoms with Gasteiger partial charge >= 0.3 is 7.60 Å². The molecule has 0 amide bonds. The Morgan fingerprint density at radius 3 is 2.63 bits per heavy atom. The van der Waals surface area contributed by atoms with Gasteiger partial charge in [0, 0.05) is 6.61 Å². The minimum Gasteiger partial charge on any atom is -0.388 e. The van der Waals surface area contributed by atoms with Crippen molar-refractivity contribution < 1.29 is 28.6 Å². The Kier molecular flexibility index (Phi) is 6.50. The largest absolute Gasteiger partial charge is 0.388 e. The molecule has 1 rings (SSSR count). The molecule has 0 aliphatic carbocycles. The van der Waals surface area contributed by atoms with Crippen LogP contribution in [0.25, 0.3) is 0 Å². The van der Waals surface area contributed by atoms with E-state index in [1.165, 1.54) is 0 Å². The van der Waals surface area contributed by atoms with Crippen LogP contribution in [0.15, 0.2) is 0 Å². The maximum Gasteiger partial charge on any atom is 0.328 e. The van der Waals surface area contributed by atoms with Crippen LogP contribution in [0.3, 0.4) is 0 Å². The van der Waals surface area contributed by atoms with Crippen molar-refractivity contribution in [1.29, 1.82) is 0 Å². The van der Waals surface area contributed by atoms with Gasteiger partial charge in [-0.3, -0.25) is 4.57 Å². The lowest BCUT2D eigenvalue weighted by Gasteiger charge is -2.21. The van der Waals surface area contributed by atoms with E-state index in [1.807, 2.05) is 6.92 Å². The van der Waals surface area contributed by atoms with E-state index in [-0.39, 0.29) is 24.4 Å². The third-order valence-electron chi connectivity index (χ3n) is 3.00. The predicted molar refractivity (Wildman–Crippen MR) is 74.2 cm³/mol. The van der Waals surface area contributed by atoms with E-state index < -0.39 is 19.8 Å². The number of ether oxygens (including phenoxy) is 2. The van der Waals surface area contributed by atoms with Gasteiger partial charge in [-0.1, -0.05) is 0 Å². The number of aliphatic hydroxyl groups is 1. The zero-order valence-electron chi connectivity index (χ0n) is 12.0. The molecule has 112 valence electrons. The lowest BCUT2D eigenvalue weighted by Crippen LogP contribution is -2.35. The highest BCUT2D eigenvalue weighted by Crippen LogP contribution is 2.45. The van der Waals surface area contributed by atoms with Gasteiger partial charge in [0.25, 0.3) is 0 Å². The second-order valence-corrected chi connectivity index (χ2v) is 7.03. The molecule has 0 spiro atoms. The van der Waals surface area contributed by atoms with Gasteiger partial charge < -0.3 is 24.0 Å². The summed E-state index contributed by atoms with van der Waals surface area (Å²) in [5.74, 6) is 0. The van der Waals surface area contributed by atoms with Crippen molar-refractivity contribution in [3.63, 3.8) is 0 Å². The average Bonchev–Trinajstić information content (AvgIpc) is 2.53. The summed E-state index contributed by atoms with van der Waals surface area (Å²) in [6.07, 6.45) is -1.49. The molecule has 2 N–H and O–H groups in total. The number of rotatable bonds is 7. The molecule has 6 nitrogen and oxygen atoms in total. The molecule has 1 saturated heterocycles. The highest BCUT2D eigenvalue weighted by molar-refractivity contribution is 7.52. The van der Waals surface area contributed by atoms with Gasteiger partial charge in [-0.25, -0.2) is 0 Å². The van der Waals surface area contributed by atoms with Gasteiger partial charge in [-0.15, -0.1) is 0 Å². The summed E-state index contributed by atoms with van der Waals surface area (Å²) >= 11 is 0. The van der Waals surface area contributed by atoms with E-state index in [0.717, 1.165) is 0 Å². The molecule has 0 radical (unpaired) electrons. The number of aliphatic hydroxyl groups excluding tert-OH is 1. The Labute approximate surface area is 115 Å². The molecule has 1 heterocycles. The van der Waals surface area contributed by atoms with E-state index in [1.54, 1.807) is 21.7 Å². The molecule has 1 aliphatic rings. The average molecular weight is 294 g/mol. The number of hydrogen-bond donors (Lipinski definition) is 2. The fourth-order valence-electron chi connectivity index (χ4n) is 2.22. The van der Waals surface area contributed by atoms with Gasteiger partial charge in [0.15, 0.2) is 0 Å². The molecule has 3 unspecified atom stereocenters. The summed E-state index contributed by atoms with van der Waals surface area (Å²) in [5, 5.41) is 9.92. The minimum atomic E-state index is -3.60. The van der Waals surface area contributed by atoms with Gasteiger partial charge in [0.1, 0.15) is 20.1 Å². The van der Waals surface area contributed by atoms with E-state index in [0.29, 0.717) is 13.0 Å². The van der Waals surface area contributed by atoms with Crippen LogP contribution in [0.4, 0.5) is 0 Å². The summed E-state index contributed by atoms with van der Waals surface area (Å²) < 4.78 is 27.8. The summed E-state index contributed by atoms with van der Waals surface area (Å²) in [6.45, 7) is 5.73. The first kappa shape index (κ1) is 17.1. The molecule has 1 aliphatic heterocycles. The van der Waals surface area contributed by atoms with Crippen molar-refractivity contribution in [1.82, 2.24) is 0 Å². The Balaban J connectivity index is 2.53. The van der Waals surface area contributed by atoms with Gasteiger partial charge in [-0.05, 0) is 27.2 Å². The van der Waals surface area contributed by atoms with Crippen molar-refractivity contribution in [2.45, 2.75) is 57.6 Å². The van der Waals surface area contributed by atoms with Crippen LogP contribution < -0.4 is 0 Å². The molecule has 8 heteroatoms. The summed E-state index contributed by atoms with van der Waals surface area (Å²) in [7, 11) is -1.84. The van der Waals surface area contributed by atoms with Crippen molar-refractivity contribution in [2.24, 2.45) is 0 Å². The molecular formula is C11H24BO6P. The zero-order valence-corrected chi connectivity index (χ0v) is 12.9. The smallest absolute Gasteiger partial charge is 0.328 e. The Bertz CT molecular complexity index is 326. The van der Waals surface area contributed by atoms with E-state index in [4.69, 9.17) is 14.0 Å². The molecule has 19 heavy (non-hydrogen) atoms. The van der Waals surface area contributed by atoms with Gasteiger partial charge in [0.05, 0.1) is 24.4 Å². The Morgan fingerprint density at radius 2 is 2.11 bits per heavy atom. The van der Waals surface area contributed by atoms with Crippen molar-refractivity contribution in [2.75, 3.05) is 12.8 Å². The SMILES string of the molecule is B[C@@H]1O[C@H](CCP(=O)(O)OC(C)C)C(OCC)C1O. The van der Waals surface area contributed by atoms with Crippen molar-refractivity contribution in [3.8, 4) is 0 Å². The monoisotopic (exact) mass is 294 g/mol. The lowest BCUT2D eigenvalue weighted by molar-refractivity contribution is -0.0331. The molecule has 0 saturated carbocycles. The summed E-state index contributed by atoms with van der Waals surface area (Å²) in [4.78, 5) is 9.67. The highest BCUT2D eigenvalue weighted by Gasteiger charge is 2.42. The van der Waals surface area contributed by atoms with Crippen LogP contribution in [-0.2, 0) is 18.6 Å². The van der Waals surface area contributed by atoms with E-state index in [2.05, 4.69) is 0 Å². The van der Waals surface area contributed by atoms with Gasteiger partial charge in [-0.2, -0.15) is 0 Å². The number of hydrogen-bond acceptors (Lipinski definition) is 5. The van der Waals surface area contributed by atoms with Gasteiger partial charge in [0.2, 0.25) is 0 Å². The third-order valence-corrected chi connectivity index (χ3v) is 4.58. The molecule has 0 aromatic rings. The first-order chi connectivity index (χ1) is 8.76. The van der Waals surface area contributed by atoms with Crippen LogP contribution in [0.2, 0.25) is 0 Å². The minimum absolute atomic E-state index is 0.00113. The fraction of sp³-hybridized carbons (Fsp3) is 1.00. The molecule has 0 aromatic heterocycles. The molecule has 0 aromatic carbocycles. The normalized spacial score (nSPS) is 34.6. The van der Waals surface area contributed by atoms with Crippen LogP contribution in [0.1, 0.15) is 27.2 Å². The molecule has 0 bridgehead atoms. The van der Waals surface area contributed by atoms with E-state index >= 15 is 0 Å². The topological polar surface area (TPSA) is 85.2 Å². The summed E-state index contributed by atoms with van der Waals surface area (Å²) in [6, 6.07) is -0.328. The zero-order chi connectivity index (χ0) is 14.6. The van der Waals surface area contributed by atoms with Crippen LogP contribution in [0.5, 0.6) is 0 Å². The molecule has 1 fully saturated rings. The van der Waals surface area contributed by atoms with Crippen LogP contribution >= 0.6 is 7.60 Å². The fourth-order valence-corrected chi connectivity index (χ4v) is 3.57. The second-order valence-electron chi connectivity index (χ2n) is 5.09. The third kappa shape index (κ3) is 5.18. The van der Waals surface area contributed by atoms with Crippen LogP contribution in [0, 0.1) is 0 Å². The molecule has 5 atom stereocenters. The second kappa shape index (κ2) is 7.20. The predicted octanol–water partition coefficient (Wildman–Crippen LogP) is 0.111. The van der Waals surface area contributed by atoms with Crippen LogP contribution in [-0.4, -0.2) is 61.0 Å². The van der Waals surface area contributed by atoms with E-state index in [9.17, 15) is 14.6 Å². The quantitative estimate of drug-likeness (QED) is 0.512. The Hall–Kier alpha value is 0.0949. The summed E-state index contributed by atoms with van der Waals surface area (Å²) in [5.41, 5.74) is 0. The highest BCUT2D eigenvalue weighted by atomic mass is 31.2. The first-order valence-corrected chi connectivity index (χ1v) is 8.48. The standard InChI is InChI=1S/C11H24BO6P/c1-4-16-10-8(17-11(12)9(10)13)5-6-19(14,15)18-7(2)3/h7-11,13H,4-6,12H2,1-3H3,(H,14,15)/t8-,9?,10?,11-/m1/s1. The lowest BCUT2D eigenvalue weighted by atomic mass is 9.93. The maximum absolute atomic E-state index is 11.8.